The lowest BCUT2D eigenvalue weighted by Crippen LogP contribution is -2.25. The molecular formula is C16H15Cl2N3OS. The molecule has 1 aromatic carbocycles. The number of hydrogen-bond donors (Lipinski definition) is 1. The highest BCUT2D eigenvalue weighted by Crippen LogP contribution is 2.27. The summed E-state index contributed by atoms with van der Waals surface area (Å²) in [5, 5.41) is 4.52. The molecule has 0 fully saturated rings. The largest absolute Gasteiger partial charge is 0.301 e. The van der Waals surface area contributed by atoms with E-state index >= 15 is 0 Å². The first kappa shape index (κ1) is 16.5. The average Bonchev–Trinajstić information content (AvgIpc) is 2.87. The Morgan fingerprint density at radius 2 is 2.26 bits per heavy atom. The molecule has 0 saturated heterocycles. The van der Waals surface area contributed by atoms with Crippen molar-refractivity contribution in [1.29, 1.82) is 0 Å². The fourth-order valence-corrected chi connectivity index (χ4v) is 3.89. The van der Waals surface area contributed by atoms with Crippen LogP contribution in [0.2, 0.25) is 10.0 Å². The third-order valence-corrected chi connectivity index (χ3v) is 5.09. The van der Waals surface area contributed by atoms with Gasteiger partial charge in [0.1, 0.15) is 0 Å². The number of fused-ring (bicyclic) bond motifs is 1. The zero-order valence-corrected chi connectivity index (χ0v) is 14.8. The number of anilines is 1. The lowest BCUT2D eigenvalue weighted by Gasteiger charge is -2.20. The Morgan fingerprint density at radius 3 is 3.04 bits per heavy atom. The average molecular weight is 368 g/mol. The molecule has 1 aliphatic heterocycles. The minimum Gasteiger partial charge on any atom is -0.301 e. The van der Waals surface area contributed by atoms with Crippen molar-refractivity contribution in [3.63, 3.8) is 0 Å². The predicted octanol–water partition coefficient (Wildman–Crippen LogP) is 4.09. The number of hydrogen-bond acceptors (Lipinski definition) is 4. The van der Waals surface area contributed by atoms with Gasteiger partial charge in [0.05, 0.1) is 5.69 Å². The van der Waals surface area contributed by atoms with Crippen molar-refractivity contribution in [3.8, 4) is 0 Å². The molecule has 1 aliphatic rings. The van der Waals surface area contributed by atoms with Gasteiger partial charge in [0.15, 0.2) is 5.13 Å². The number of rotatable bonds is 3. The first-order valence-electron chi connectivity index (χ1n) is 7.12. The van der Waals surface area contributed by atoms with Gasteiger partial charge in [0, 0.05) is 40.5 Å². The van der Waals surface area contributed by atoms with Gasteiger partial charge in [-0.15, -0.1) is 11.3 Å². The van der Waals surface area contributed by atoms with Crippen LogP contribution in [-0.4, -0.2) is 29.4 Å². The molecule has 2 heterocycles. The third-order valence-electron chi connectivity index (χ3n) is 3.53. The van der Waals surface area contributed by atoms with Gasteiger partial charge in [-0.3, -0.25) is 10.1 Å². The molecule has 0 bridgehead atoms. The second-order valence-electron chi connectivity index (χ2n) is 5.37. The van der Waals surface area contributed by atoms with Crippen LogP contribution >= 0.6 is 34.5 Å². The van der Waals surface area contributed by atoms with Crippen molar-refractivity contribution in [2.24, 2.45) is 0 Å². The van der Waals surface area contributed by atoms with Gasteiger partial charge in [0.2, 0.25) is 5.91 Å². The maximum atomic E-state index is 12.0. The van der Waals surface area contributed by atoms with Crippen molar-refractivity contribution in [1.82, 2.24) is 9.88 Å². The number of aromatic nitrogens is 1. The molecule has 23 heavy (non-hydrogen) atoms. The lowest BCUT2D eigenvalue weighted by atomic mass is 10.2. The zero-order chi connectivity index (χ0) is 16.4. The monoisotopic (exact) mass is 367 g/mol. The van der Waals surface area contributed by atoms with Gasteiger partial charge >= 0.3 is 0 Å². The molecule has 0 radical (unpaired) electrons. The van der Waals surface area contributed by atoms with E-state index in [1.165, 1.54) is 22.3 Å². The molecule has 120 valence electrons. The Labute approximate surface area is 148 Å². The molecule has 2 aromatic rings. The summed E-state index contributed by atoms with van der Waals surface area (Å²) in [5.74, 6) is -0.226. The molecule has 4 nitrogen and oxygen atoms in total. The molecular weight excluding hydrogens is 353 g/mol. The van der Waals surface area contributed by atoms with Crippen molar-refractivity contribution < 1.29 is 4.79 Å². The molecule has 1 aromatic heterocycles. The third kappa shape index (κ3) is 4.12. The van der Waals surface area contributed by atoms with Crippen LogP contribution in [-0.2, 0) is 17.8 Å². The number of nitrogens with one attached hydrogen (secondary N) is 1. The Balaban J connectivity index is 1.66. The van der Waals surface area contributed by atoms with Gasteiger partial charge in [-0.1, -0.05) is 29.3 Å². The zero-order valence-electron chi connectivity index (χ0n) is 12.5. The number of carbonyl (C=O) groups excluding carboxylic acids is 1. The van der Waals surface area contributed by atoms with Crippen LogP contribution in [0, 0.1) is 0 Å². The maximum absolute atomic E-state index is 12.0. The summed E-state index contributed by atoms with van der Waals surface area (Å²) in [4.78, 5) is 20.0. The van der Waals surface area contributed by atoms with Crippen LogP contribution < -0.4 is 5.32 Å². The topological polar surface area (TPSA) is 45.2 Å². The second-order valence-corrected chi connectivity index (χ2v) is 7.29. The minimum atomic E-state index is -0.226. The normalized spacial score (nSPS) is 14.9. The lowest BCUT2D eigenvalue weighted by molar-refractivity contribution is -0.111. The molecule has 0 spiro atoms. The van der Waals surface area contributed by atoms with Crippen molar-refractivity contribution in [2.45, 2.75) is 13.0 Å². The van der Waals surface area contributed by atoms with E-state index < -0.39 is 0 Å². The minimum absolute atomic E-state index is 0.226. The standard InChI is InChI=1S/C16H15Cl2N3OS/c1-21-7-6-13-14(9-21)23-16(19-13)20-15(22)5-3-10-2-4-11(17)8-12(10)18/h2-5,8H,6-7,9H2,1H3,(H,19,20,22)/b5-3+. The van der Waals surface area contributed by atoms with Crippen LogP contribution in [0.3, 0.4) is 0 Å². The Kier molecular flexibility index (Phi) is 5.02. The summed E-state index contributed by atoms with van der Waals surface area (Å²) in [6, 6.07) is 5.15. The molecule has 1 amide bonds. The van der Waals surface area contributed by atoms with Gasteiger partial charge < -0.3 is 4.90 Å². The number of nitrogens with zero attached hydrogens (tertiary/aromatic N) is 2. The van der Waals surface area contributed by atoms with Crippen molar-refractivity contribution >= 4 is 51.7 Å². The van der Waals surface area contributed by atoms with Crippen molar-refractivity contribution in [2.75, 3.05) is 18.9 Å². The van der Waals surface area contributed by atoms with E-state index in [-0.39, 0.29) is 5.91 Å². The number of halogens is 2. The van der Waals surface area contributed by atoms with Crippen LogP contribution in [0.15, 0.2) is 24.3 Å². The SMILES string of the molecule is CN1CCc2nc(NC(=O)/C=C/c3ccc(Cl)cc3Cl)sc2C1. The molecule has 7 heteroatoms. The molecule has 0 aliphatic carbocycles. The van der Waals surface area contributed by atoms with E-state index in [0.717, 1.165) is 30.8 Å². The molecule has 3 rings (SSSR count). The van der Waals surface area contributed by atoms with E-state index in [2.05, 4.69) is 22.2 Å². The van der Waals surface area contributed by atoms with E-state index in [0.29, 0.717) is 15.2 Å². The van der Waals surface area contributed by atoms with Crippen LogP contribution in [0.4, 0.5) is 5.13 Å². The van der Waals surface area contributed by atoms with Crippen LogP contribution in [0.5, 0.6) is 0 Å². The number of carbonyl (C=O) groups is 1. The fraction of sp³-hybridized carbons (Fsp3) is 0.250. The first-order valence-corrected chi connectivity index (χ1v) is 8.70. The van der Waals surface area contributed by atoms with Gasteiger partial charge in [-0.2, -0.15) is 0 Å². The van der Waals surface area contributed by atoms with Crippen molar-refractivity contribution in [3.05, 3.63) is 50.5 Å². The smallest absolute Gasteiger partial charge is 0.250 e. The van der Waals surface area contributed by atoms with E-state index in [1.54, 1.807) is 24.3 Å². The summed E-state index contributed by atoms with van der Waals surface area (Å²) >= 11 is 13.5. The summed E-state index contributed by atoms with van der Waals surface area (Å²) in [6.45, 7) is 1.89. The quantitative estimate of drug-likeness (QED) is 0.830. The number of benzene rings is 1. The first-order chi connectivity index (χ1) is 11.0. The predicted molar refractivity (Wildman–Crippen MR) is 96.3 cm³/mol. The Bertz CT molecular complexity index is 773. The summed E-state index contributed by atoms with van der Waals surface area (Å²) in [6.07, 6.45) is 4.03. The highest BCUT2D eigenvalue weighted by molar-refractivity contribution is 7.15. The van der Waals surface area contributed by atoms with Crippen LogP contribution in [0.25, 0.3) is 6.08 Å². The van der Waals surface area contributed by atoms with Gasteiger partial charge in [-0.25, -0.2) is 4.98 Å². The summed E-state index contributed by atoms with van der Waals surface area (Å²) < 4.78 is 0. The highest BCUT2D eigenvalue weighted by Gasteiger charge is 2.18. The summed E-state index contributed by atoms with van der Waals surface area (Å²) in [5.41, 5.74) is 1.83. The maximum Gasteiger partial charge on any atom is 0.250 e. The molecule has 0 unspecified atom stereocenters. The fourth-order valence-electron chi connectivity index (χ4n) is 2.33. The molecule has 0 atom stereocenters. The highest BCUT2D eigenvalue weighted by atomic mass is 35.5. The van der Waals surface area contributed by atoms with E-state index in [9.17, 15) is 4.79 Å². The summed E-state index contributed by atoms with van der Waals surface area (Å²) in [7, 11) is 2.08. The number of likely N-dealkylation sites (N-methyl/N-ethyl adjacent to an activating group) is 1. The Hall–Kier alpha value is -1.40. The molecule has 0 saturated carbocycles. The van der Waals surface area contributed by atoms with E-state index in [1.807, 2.05) is 0 Å². The van der Waals surface area contributed by atoms with Gasteiger partial charge in [-0.05, 0) is 30.8 Å². The number of thiazole rings is 1. The number of amides is 1. The van der Waals surface area contributed by atoms with Crippen LogP contribution in [0.1, 0.15) is 16.1 Å². The second kappa shape index (κ2) is 7.01. The Morgan fingerprint density at radius 1 is 1.43 bits per heavy atom. The van der Waals surface area contributed by atoms with E-state index in [4.69, 9.17) is 23.2 Å². The molecule has 1 N–H and O–H groups in total. The van der Waals surface area contributed by atoms with Gasteiger partial charge in [0.25, 0.3) is 0 Å².